The molecule has 0 saturated carbocycles. The number of ether oxygens (including phenoxy) is 1. The summed E-state index contributed by atoms with van der Waals surface area (Å²) in [5.41, 5.74) is 0. The Morgan fingerprint density at radius 2 is 1.34 bits per heavy atom. The Morgan fingerprint density at radius 1 is 0.828 bits per heavy atom. The van der Waals surface area contributed by atoms with Crippen molar-refractivity contribution >= 4 is 5.97 Å². The molecule has 0 saturated heterocycles. The molecule has 3 heteroatoms. The first-order chi connectivity index (χ1) is 14.1. The van der Waals surface area contributed by atoms with Crippen molar-refractivity contribution in [3.05, 3.63) is 12.7 Å². The molecule has 0 bridgehead atoms. The predicted octanol–water partition coefficient (Wildman–Crippen LogP) is 7.69. The highest BCUT2D eigenvalue weighted by molar-refractivity contribution is 5.69. The normalized spacial score (nSPS) is 12.3. The molecule has 0 N–H and O–H groups in total. The minimum atomic E-state index is 0.00391. The minimum absolute atomic E-state index is 0.00391. The number of hydrogen-bond acceptors (Lipinski definition) is 3. The van der Waals surface area contributed by atoms with Gasteiger partial charge in [-0.15, -0.1) is 6.58 Å². The summed E-state index contributed by atoms with van der Waals surface area (Å²) >= 11 is 0. The molecule has 29 heavy (non-hydrogen) atoms. The lowest BCUT2D eigenvalue weighted by atomic mass is 10.0. The van der Waals surface area contributed by atoms with E-state index in [2.05, 4.69) is 18.4 Å². The van der Waals surface area contributed by atoms with Crippen molar-refractivity contribution in [1.29, 1.82) is 0 Å². The zero-order valence-electron chi connectivity index (χ0n) is 20.1. The molecule has 3 nitrogen and oxygen atoms in total. The lowest BCUT2D eigenvalue weighted by Gasteiger charge is -2.18. The second kappa shape index (κ2) is 21.9. The monoisotopic (exact) mass is 409 g/mol. The van der Waals surface area contributed by atoms with E-state index in [1.165, 1.54) is 83.5 Å². The Hall–Kier alpha value is -0.830. The first-order valence-electron chi connectivity index (χ1n) is 12.5. The zero-order valence-corrected chi connectivity index (χ0v) is 20.1. The van der Waals surface area contributed by atoms with Gasteiger partial charge in [0.1, 0.15) is 6.10 Å². The van der Waals surface area contributed by atoms with Crippen LogP contribution in [0.5, 0.6) is 0 Å². The minimum Gasteiger partial charge on any atom is -0.462 e. The fourth-order valence-electron chi connectivity index (χ4n) is 3.74. The van der Waals surface area contributed by atoms with Crippen LogP contribution in [0.15, 0.2) is 12.7 Å². The summed E-state index contributed by atoms with van der Waals surface area (Å²) in [6, 6.07) is 0. The van der Waals surface area contributed by atoms with Crippen molar-refractivity contribution in [1.82, 2.24) is 4.90 Å². The number of unbranched alkanes of at least 4 members (excludes halogenated alkanes) is 12. The third-order valence-corrected chi connectivity index (χ3v) is 5.60. The Bertz CT molecular complexity index is 368. The summed E-state index contributed by atoms with van der Waals surface area (Å²) in [7, 11) is 4.10. The molecule has 0 amide bonds. The summed E-state index contributed by atoms with van der Waals surface area (Å²) in [6.07, 6.45) is 23.7. The van der Waals surface area contributed by atoms with Crippen LogP contribution in [0.1, 0.15) is 122 Å². The van der Waals surface area contributed by atoms with E-state index >= 15 is 0 Å². The van der Waals surface area contributed by atoms with Crippen LogP contribution in [0.3, 0.4) is 0 Å². The van der Waals surface area contributed by atoms with Gasteiger partial charge in [0.25, 0.3) is 0 Å². The maximum absolute atomic E-state index is 12.2. The van der Waals surface area contributed by atoms with Gasteiger partial charge in [-0.3, -0.25) is 4.79 Å². The second-order valence-electron chi connectivity index (χ2n) is 8.92. The third kappa shape index (κ3) is 21.7. The molecule has 0 aliphatic carbocycles. The molecule has 1 unspecified atom stereocenters. The van der Waals surface area contributed by atoms with E-state index in [9.17, 15) is 4.79 Å². The van der Waals surface area contributed by atoms with E-state index in [1.807, 2.05) is 20.2 Å². The predicted molar refractivity (Wildman–Crippen MR) is 127 cm³/mol. The molecule has 1 atom stereocenters. The summed E-state index contributed by atoms with van der Waals surface area (Å²) in [4.78, 5) is 14.4. The van der Waals surface area contributed by atoms with E-state index in [-0.39, 0.29) is 12.1 Å². The number of rotatable bonds is 22. The molecule has 0 aromatic rings. The summed E-state index contributed by atoms with van der Waals surface area (Å²) in [5, 5.41) is 0. The number of esters is 1. The molecule has 0 fully saturated rings. The fourth-order valence-corrected chi connectivity index (χ4v) is 3.74. The van der Waals surface area contributed by atoms with Crippen molar-refractivity contribution in [2.24, 2.45) is 0 Å². The van der Waals surface area contributed by atoms with Crippen LogP contribution in [0, 0.1) is 0 Å². The SMILES string of the molecule is C=CCCCCCCCCC(CCCCCCCCC)OC(=O)CCCN(C)C. The first-order valence-corrected chi connectivity index (χ1v) is 12.5. The van der Waals surface area contributed by atoms with Crippen molar-refractivity contribution < 1.29 is 9.53 Å². The smallest absolute Gasteiger partial charge is 0.306 e. The van der Waals surface area contributed by atoms with Gasteiger partial charge < -0.3 is 9.64 Å². The molecular weight excluding hydrogens is 358 g/mol. The quantitative estimate of drug-likeness (QED) is 0.104. The van der Waals surface area contributed by atoms with Crippen LogP contribution in [0.4, 0.5) is 0 Å². The van der Waals surface area contributed by atoms with Crippen molar-refractivity contribution in [3.63, 3.8) is 0 Å². The Labute approximate surface area is 182 Å². The maximum atomic E-state index is 12.2. The van der Waals surface area contributed by atoms with Crippen LogP contribution in [0.25, 0.3) is 0 Å². The molecule has 0 rings (SSSR count). The Kier molecular flexibility index (Phi) is 21.2. The highest BCUT2D eigenvalue weighted by Gasteiger charge is 2.14. The van der Waals surface area contributed by atoms with Gasteiger partial charge in [0, 0.05) is 6.42 Å². The molecule has 0 aromatic heterocycles. The van der Waals surface area contributed by atoms with Gasteiger partial charge in [-0.1, -0.05) is 77.2 Å². The number of hydrogen-bond donors (Lipinski definition) is 0. The van der Waals surface area contributed by atoms with E-state index in [1.54, 1.807) is 0 Å². The Morgan fingerprint density at radius 3 is 1.86 bits per heavy atom. The van der Waals surface area contributed by atoms with Crippen LogP contribution in [-0.4, -0.2) is 37.6 Å². The lowest BCUT2D eigenvalue weighted by Crippen LogP contribution is -2.20. The molecule has 0 aliphatic heterocycles. The van der Waals surface area contributed by atoms with E-state index in [4.69, 9.17) is 4.74 Å². The molecular formula is C26H51NO2. The van der Waals surface area contributed by atoms with E-state index in [0.29, 0.717) is 6.42 Å². The number of carbonyl (C=O) groups is 1. The summed E-state index contributed by atoms with van der Waals surface area (Å²) in [5.74, 6) is 0.00391. The molecule has 0 aliphatic rings. The molecule has 0 aromatic carbocycles. The summed E-state index contributed by atoms with van der Waals surface area (Å²) in [6.45, 7) is 6.99. The van der Waals surface area contributed by atoms with Gasteiger partial charge in [0.15, 0.2) is 0 Å². The van der Waals surface area contributed by atoms with E-state index < -0.39 is 0 Å². The van der Waals surface area contributed by atoms with Crippen LogP contribution in [-0.2, 0) is 9.53 Å². The second-order valence-corrected chi connectivity index (χ2v) is 8.92. The standard InChI is InChI=1S/C26H51NO2/c1-5-7-9-11-13-15-17-19-22-25(21-18-16-14-12-10-8-6-2)29-26(28)23-20-24-27(3)4/h5,25H,1,6-24H2,2-4H3. The topological polar surface area (TPSA) is 29.5 Å². The first kappa shape index (κ1) is 28.2. The largest absolute Gasteiger partial charge is 0.462 e. The van der Waals surface area contributed by atoms with Crippen molar-refractivity contribution in [2.45, 2.75) is 129 Å². The van der Waals surface area contributed by atoms with Crippen LogP contribution in [0.2, 0.25) is 0 Å². The van der Waals surface area contributed by atoms with Gasteiger partial charge in [0.2, 0.25) is 0 Å². The highest BCUT2D eigenvalue weighted by Crippen LogP contribution is 2.18. The number of nitrogens with zero attached hydrogens (tertiary/aromatic N) is 1. The van der Waals surface area contributed by atoms with Gasteiger partial charge in [0.05, 0.1) is 0 Å². The van der Waals surface area contributed by atoms with Gasteiger partial charge in [-0.2, -0.15) is 0 Å². The molecule has 0 radical (unpaired) electrons. The third-order valence-electron chi connectivity index (χ3n) is 5.60. The number of allylic oxidation sites excluding steroid dienone is 1. The van der Waals surface area contributed by atoms with Gasteiger partial charge >= 0.3 is 5.97 Å². The van der Waals surface area contributed by atoms with Crippen LogP contribution < -0.4 is 0 Å². The van der Waals surface area contributed by atoms with Crippen molar-refractivity contribution in [3.8, 4) is 0 Å². The van der Waals surface area contributed by atoms with Gasteiger partial charge in [-0.05, 0) is 65.6 Å². The average molecular weight is 410 g/mol. The van der Waals surface area contributed by atoms with E-state index in [0.717, 1.165) is 32.2 Å². The van der Waals surface area contributed by atoms with Gasteiger partial charge in [-0.25, -0.2) is 0 Å². The van der Waals surface area contributed by atoms with Crippen molar-refractivity contribution in [2.75, 3.05) is 20.6 Å². The molecule has 172 valence electrons. The maximum Gasteiger partial charge on any atom is 0.306 e. The highest BCUT2D eigenvalue weighted by atomic mass is 16.5. The average Bonchev–Trinajstić information content (AvgIpc) is 2.68. The lowest BCUT2D eigenvalue weighted by molar-refractivity contribution is -0.150. The molecule has 0 heterocycles. The summed E-state index contributed by atoms with van der Waals surface area (Å²) < 4.78 is 5.87. The fraction of sp³-hybridized carbons (Fsp3) is 0.885. The zero-order chi connectivity index (χ0) is 21.6. The Balaban J connectivity index is 4.03. The van der Waals surface area contributed by atoms with Crippen LogP contribution >= 0.6 is 0 Å². The number of carbonyl (C=O) groups excluding carboxylic acids is 1. The molecule has 0 spiro atoms.